The largest absolute Gasteiger partial charge is 0.397 e. The van der Waals surface area contributed by atoms with Gasteiger partial charge in [0.05, 0.1) is 34.0 Å². The van der Waals surface area contributed by atoms with E-state index in [1.54, 1.807) is 28.8 Å². The van der Waals surface area contributed by atoms with Crippen LogP contribution in [-0.2, 0) is 0 Å². The van der Waals surface area contributed by atoms with Crippen molar-refractivity contribution in [1.82, 2.24) is 4.57 Å². The van der Waals surface area contributed by atoms with Crippen LogP contribution in [0.3, 0.4) is 0 Å². The Morgan fingerprint density at radius 2 is 1.74 bits per heavy atom. The van der Waals surface area contributed by atoms with E-state index in [4.69, 9.17) is 11.0 Å². The number of benzene rings is 3. The van der Waals surface area contributed by atoms with Crippen molar-refractivity contribution in [2.75, 3.05) is 5.73 Å². The van der Waals surface area contributed by atoms with E-state index in [1.807, 2.05) is 30.3 Å². The van der Waals surface area contributed by atoms with Gasteiger partial charge in [-0.15, -0.1) is 0 Å². The number of hydrogen-bond donors (Lipinski definition) is 1. The van der Waals surface area contributed by atoms with Crippen LogP contribution in [0.2, 0.25) is 0 Å². The van der Waals surface area contributed by atoms with Crippen molar-refractivity contribution in [2.45, 2.75) is 0 Å². The van der Waals surface area contributed by atoms with E-state index >= 15 is 0 Å². The van der Waals surface area contributed by atoms with E-state index in [-0.39, 0.29) is 5.82 Å². The molecule has 23 heavy (non-hydrogen) atoms. The molecule has 0 aliphatic heterocycles. The average Bonchev–Trinajstić information content (AvgIpc) is 2.91. The second kappa shape index (κ2) is 4.85. The van der Waals surface area contributed by atoms with Gasteiger partial charge < -0.3 is 10.3 Å². The molecule has 1 aromatic heterocycles. The summed E-state index contributed by atoms with van der Waals surface area (Å²) in [5, 5.41) is 10.9. The Morgan fingerprint density at radius 1 is 0.957 bits per heavy atom. The number of nitrogens with zero attached hydrogens (tertiary/aromatic N) is 2. The minimum absolute atomic E-state index is 0.319. The van der Waals surface area contributed by atoms with Gasteiger partial charge in [0.25, 0.3) is 0 Å². The summed E-state index contributed by atoms with van der Waals surface area (Å²) in [6.07, 6.45) is 0. The molecule has 4 heteroatoms. The van der Waals surface area contributed by atoms with Crippen LogP contribution in [0.1, 0.15) is 5.56 Å². The third kappa shape index (κ3) is 1.87. The van der Waals surface area contributed by atoms with Crippen molar-refractivity contribution in [1.29, 1.82) is 5.26 Å². The van der Waals surface area contributed by atoms with Crippen molar-refractivity contribution in [3.63, 3.8) is 0 Å². The number of anilines is 1. The predicted molar refractivity (Wildman–Crippen MR) is 89.9 cm³/mol. The van der Waals surface area contributed by atoms with E-state index in [2.05, 4.69) is 6.07 Å². The second-order valence-corrected chi connectivity index (χ2v) is 5.37. The number of nitriles is 1. The Balaban J connectivity index is 2.24. The van der Waals surface area contributed by atoms with Gasteiger partial charge in [-0.05, 0) is 30.3 Å². The van der Waals surface area contributed by atoms with Crippen LogP contribution in [0, 0.1) is 17.1 Å². The lowest BCUT2D eigenvalue weighted by Gasteiger charge is -2.11. The molecule has 0 aliphatic rings. The van der Waals surface area contributed by atoms with Crippen LogP contribution in [0.5, 0.6) is 0 Å². The molecule has 2 N–H and O–H groups in total. The van der Waals surface area contributed by atoms with Gasteiger partial charge in [0, 0.05) is 10.8 Å². The normalized spacial score (nSPS) is 11.0. The van der Waals surface area contributed by atoms with E-state index in [1.165, 1.54) is 6.07 Å². The number of aromatic nitrogens is 1. The first-order chi connectivity index (χ1) is 11.2. The van der Waals surface area contributed by atoms with Gasteiger partial charge in [0.15, 0.2) is 0 Å². The Labute approximate surface area is 132 Å². The van der Waals surface area contributed by atoms with Crippen LogP contribution in [0.4, 0.5) is 10.1 Å². The fourth-order valence-corrected chi connectivity index (χ4v) is 3.03. The van der Waals surface area contributed by atoms with E-state index in [0.717, 1.165) is 16.3 Å². The number of rotatable bonds is 1. The van der Waals surface area contributed by atoms with E-state index in [9.17, 15) is 4.39 Å². The molecule has 3 aromatic carbocycles. The molecule has 0 fully saturated rings. The summed E-state index contributed by atoms with van der Waals surface area (Å²) < 4.78 is 16.3. The monoisotopic (exact) mass is 301 g/mol. The first-order valence-electron chi connectivity index (χ1n) is 7.18. The standard InChI is InChI=1S/C19H12FN3/c20-15-6-3-5-14-13-4-1-2-7-17(13)23(19(14)15)18-10-12(11-21)8-9-16(18)22/h1-10H,22H2. The number of fused-ring (bicyclic) bond motifs is 3. The molecule has 0 atom stereocenters. The van der Waals surface area contributed by atoms with Crippen molar-refractivity contribution in [3.05, 3.63) is 72.0 Å². The molecule has 0 saturated carbocycles. The molecule has 0 unspecified atom stereocenters. The van der Waals surface area contributed by atoms with Crippen molar-refractivity contribution < 1.29 is 4.39 Å². The van der Waals surface area contributed by atoms with Gasteiger partial charge in [0.2, 0.25) is 0 Å². The molecule has 0 spiro atoms. The van der Waals surface area contributed by atoms with Gasteiger partial charge in [-0.3, -0.25) is 0 Å². The van der Waals surface area contributed by atoms with Gasteiger partial charge in [-0.1, -0.05) is 30.3 Å². The number of nitrogen functional groups attached to an aromatic ring is 1. The SMILES string of the molecule is N#Cc1ccc(N)c(-n2c3ccccc3c3cccc(F)c32)c1. The maximum Gasteiger partial charge on any atom is 0.147 e. The van der Waals surface area contributed by atoms with Gasteiger partial charge in [0.1, 0.15) is 5.82 Å². The Hall–Kier alpha value is -3.32. The van der Waals surface area contributed by atoms with Crippen LogP contribution in [0.25, 0.3) is 27.5 Å². The first-order valence-corrected chi connectivity index (χ1v) is 7.18. The quantitative estimate of drug-likeness (QED) is 0.530. The molecule has 0 saturated heterocycles. The third-order valence-electron chi connectivity index (χ3n) is 4.05. The van der Waals surface area contributed by atoms with Crippen LogP contribution >= 0.6 is 0 Å². The first kappa shape index (κ1) is 13.4. The Bertz CT molecular complexity index is 1100. The van der Waals surface area contributed by atoms with Crippen molar-refractivity contribution in [2.24, 2.45) is 0 Å². The molecular formula is C19H12FN3. The molecule has 3 nitrogen and oxygen atoms in total. The topological polar surface area (TPSA) is 54.7 Å². The molecule has 0 bridgehead atoms. The summed E-state index contributed by atoms with van der Waals surface area (Å²) >= 11 is 0. The van der Waals surface area contributed by atoms with E-state index in [0.29, 0.717) is 22.5 Å². The van der Waals surface area contributed by atoms with Crippen LogP contribution < -0.4 is 5.73 Å². The predicted octanol–water partition coefficient (Wildman–Crippen LogP) is 4.38. The molecule has 4 aromatic rings. The molecular weight excluding hydrogens is 289 g/mol. The number of para-hydroxylation sites is 2. The van der Waals surface area contributed by atoms with Crippen molar-refractivity contribution >= 4 is 27.5 Å². The van der Waals surface area contributed by atoms with E-state index < -0.39 is 0 Å². The lowest BCUT2D eigenvalue weighted by molar-refractivity contribution is 0.635. The van der Waals surface area contributed by atoms with Gasteiger partial charge >= 0.3 is 0 Å². The highest BCUT2D eigenvalue weighted by Gasteiger charge is 2.16. The molecule has 0 aliphatic carbocycles. The Kier molecular flexibility index (Phi) is 2.82. The average molecular weight is 301 g/mol. The summed E-state index contributed by atoms with van der Waals surface area (Å²) in [4.78, 5) is 0. The van der Waals surface area contributed by atoms with Crippen molar-refractivity contribution in [3.8, 4) is 11.8 Å². The maximum absolute atomic E-state index is 14.6. The summed E-state index contributed by atoms with van der Waals surface area (Å²) in [5.74, 6) is -0.319. The molecule has 1 heterocycles. The lowest BCUT2D eigenvalue weighted by Crippen LogP contribution is -2.01. The zero-order valence-corrected chi connectivity index (χ0v) is 12.1. The van der Waals surface area contributed by atoms with Gasteiger partial charge in [-0.2, -0.15) is 5.26 Å². The van der Waals surface area contributed by atoms with Crippen LogP contribution in [-0.4, -0.2) is 4.57 Å². The highest BCUT2D eigenvalue weighted by atomic mass is 19.1. The highest BCUT2D eigenvalue weighted by Crippen LogP contribution is 2.35. The summed E-state index contributed by atoms with van der Waals surface area (Å²) in [7, 11) is 0. The molecule has 4 rings (SSSR count). The molecule has 110 valence electrons. The fraction of sp³-hybridized carbons (Fsp3) is 0. The molecule has 0 amide bonds. The fourth-order valence-electron chi connectivity index (χ4n) is 3.03. The van der Waals surface area contributed by atoms with Crippen LogP contribution in [0.15, 0.2) is 60.7 Å². The minimum atomic E-state index is -0.319. The number of nitrogens with two attached hydrogens (primary N) is 1. The zero-order chi connectivity index (χ0) is 16.0. The summed E-state index contributed by atoms with van der Waals surface area (Å²) in [6, 6.07) is 19.9. The summed E-state index contributed by atoms with van der Waals surface area (Å²) in [5.41, 5.74) is 9.03. The second-order valence-electron chi connectivity index (χ2n) is 5.37. The smallest absolute Gasteiger partial charge is 0.147 e. The summed E-state index contributed by atoms with van der Waals surface area (Å²) in [6.45, 7) is 0. The Morgan fingerprint density at radius 3 is 2.57 bits per heavy atom. The highest BCUT2D eigenvalue weighted by molar-refractivity contribution is 6.09. The number of halogens is 1. The molecule has 0 radical (unpaired) electrons. The number of hydrogen-bond acceptors (Lipinski definition) is 2. The van der Waals surface area contributed by atoms with Gasteiger partial charge in [-0.25, -0.2) is 4.39 Å². The maximum atomic E-state index is 14.6. The third-order valence-corrected chi connectivity index (χ3v) is 4.05. The lowest BCUT2D eigenvalue weighted by atomic mass is 10.1. The zero-order valence-electron chi connectivity index (χ0n) is 12.1. The minimum Gasteiger partial charge on any atom is -0.397 e.